The van der Waals surface area contributed by atoms with E-state index < -0.39 is 12.1 Å². The predicted octanol–water partition coefficient (Wildman–Crippen LogP) is 1.10. The van der Waals surface area contributed by atoms with Gasteiger partial charge in [0.2, 0.25) is 0 Å². The average Bonchev–Trinajstić information content (AvgIpc) is 2.38. The van der Waals surface area contributed by atoms with Crippen molar-refractivity contribution >= 4 is 17.5 Å². The van der Waals surface area contributed by atoms with Crippen molar-refractivity contribution in [3.63, 3.8) is 0 Å². The number of nitrogens with zero attached hydrogens (tertiary/aromatic N) is 2. The summed E-state index contributed by atoms with van der Waals surface area (Å²) in [5, 5.41) is 19.1. The minimum absolute atomic E-state index is 0.0217. The number of nitrogens with two attached hydrogens (primary N) is 1. The van der Waals surface area contributed by atoms with Gasteiger partial charge < -0.3 is 20.8 Å². The Morgan fingerprint density at radius 1 is 1.47 bits per heavy atom. The van der Waals surface area contributed by atoms with Crippen molar-refractivity contribution in [2.75, 3.05) is 17.7 Å². The topological polar surface area (TPSA) is 99.7 Å². The molecule has 0 bridgehead atoms. The first-order chi connectivity index (χ1) is 9.00. The van der Waals surface area contributed by atoms with Crippen LogP contribution >= 0.6 is 0 Å². The van der Waals surface area contributed by atoms with E-state index in [2.05, 4.69) is 4.98 Å². The molecule has 1 aliphatic carbocycles. The number of rotatable bonds is 3. The molecule has 1 aromatic heterocycles. The van der Waals surface area contributed by atoms with E-state index in [0.29, 0.717) is 5.82 Å². The van der Waals surface area contributed by atoms with Crippen molar-refractivity contribution in [1.82, 2.24) is 4.98 Å². The number of likely N-dealkylation sites (N-methyl/N-ethyl adjacent to an activating group) is 1. The zero-order valence-corrected chi connectivity index (χ0v) is 10.9. The Kier molecular flexibility index (Phi) is 3.90. The number of carboxylic acids is 1. The van der Waals surface area contributed by atoms with Gasteiger partial charge >= 0.3 is 5.97 Å². The van der Waals surface area contributed by atoms with E-state index in [0.717, 1.165) is 25.7 Å². The Hall–Kier alpha value is -1.82. The van der Waals surface area contributed by atoms with Gasteiger partial charge in [-0.25, -0.2) is 9.78 Å². The van der Waals surface area contributed by atoms with Gasteiger partial charge in [-0.05, 0) is 18.9 Å². The fourth-order valence-corrected chi connectivity index (χ4v) is 2.55. The summed E-state index contributed by atoms with van der Waals surface area (Å²) in [5.41, 5.74) is 5.78. The number of pyridine rings is 1. The van der Waals surface area contributed by atoms with Crippen molar-refractivity contribution < 1.29 is 15.0 Å². The fourth-order valence-electron chi connectivity index (χ4n) is 2.55. The molecule has 0 amide bonds. The Labute approximate surface area is 111 Å². The van der Waals surface area contributed by atoms with Crippen LogP contribution in [0.15, 0.2) is 12.3 Å². The maximum absolute atomic E-state index is 11.1. The summed E-state index contributed by atoms with van der Waals surface area (Å²) in [4.78, 5) is 17.1. The lowest BCUT2D eigenvalue weighted by Gasteiger charge is -2.36. The number of aromatic carboxylic acids is 1. The molecule has 2 unspecified atom stereocenters. The third kappa shape index (κ3) is 2.78. The summed E-state index contributed by atoms with van der Waals surface area (Å²) < 4.78 is 0. The van der Waals surface area contributed by atoms with Crippen molar-refractivity contribution in [3.05, 3.63) is 17.8 Å². The number of aliphatic hydroxyl groups excluding tert-OH is 1. The zero-order chi connectivity index (χ0) is 14.0. The number of carbonyl (C=O) groups is 1. The lowest BCUT2D eigenvalue weighted by Crippen LogP contribution is -2.43. The van der Waals surface area contributed by atoms with Crippen LogP contribution in [0.1, 0.15) is 36.0 Å². The highest BCUT2D eigenvalue weighted by Gasteiger charge is 2.27. The molecule has 0 spiro atoms. The van der Waals surface area contributed by atoms with Crippen LogP contribution in [-0.2, 0) is 0 Å². The first kappa shape index (κ1) is 13.6. The van der Waals surface area contributed by atoms with Crippen LogP contribution < -0.4 is 10.6 Å². The molecule has 0 aromatic carbocycles. The fraction of sp³-hybridized carbons (Fsp3) is 0.538. The van der Waals surface area contributed by atoms with E-state index in [1.165, 1.54) is 12.3 Å². The predicted molar refractivity (Wildman–Crippen MR) is 72.3 cm³/mol. The number of aromatic nitrogens is 1. The molecular weight excluding hydrogens is 246 g/mol. The minimum Gasteiger partial charge on any atom is -0.478 e. The highest BCUT2D eigenvalue weighted by molar-refractivity contribution is 5.94. The van der Waals surface area contributed by atoms with Gasteiger partial charge in [-0.15, -0.1) is 0 Å². The third-order valence-corrected chi connectivity index (χ3v) is 3.70. The maximum Gasteiger partial charge on any atom is 0.337 e. The van der Waals surface area contributed by atoms with Crippen LogP contribution in [-0.4, -0.2) is 40.4 Å². The number of nitrogen functional groups attached to an aromatic ring is 1. The largest absolute Gasteiger partial charge is 0.478 e. The molecule has 0 saturated heterocycles. The van der Waals surface area contributed by atoms with Crippen LogP contribution in [0.3, 0.4) is 0 Å². The lowest BCUT2D eigenvalue weighted by atomic mass is 9.91. The summed E-state index contributed by atoms with van der Waals surface area (Å²) in [6.07, 6.45) is 4.70. The molecule has 6 nitrogen and oxygen atoms in total. The number of carboxylic acid groups (broad SMARTS) is 1. The maximum atomic E-state index is 11.1. The molecule has 1 fully saturated rings. The van der Waals surface area contributed by atoms with Crippen molar-refractivity contribution in [2.24, 2.45) is 0 Å². The molecule has 0 aliphatic heterocycles. The van der Waals surface area contributed by atoms with Gasteiger partial charge in [0.1, 0.15) is 5.82 Å². The standard InChI is InChI=1S/C13H19N3O3/c1-16(10-4-2-3-5-11(10)17)12-6-8(13(18)19)9(14)7-15-12/h6-7,10-11,17H,2-5,14H2,1H3,(H,18,19). The molecule has 1 saturated carbocycles. The van der Waals surface area contributed by atoms with Crippen LogP contribution in [0.2, 0.25) is 0 Å². The van der Waals surface area contributed by atoms with Crippen LogP contribution in [0.25, 0.3) is 0 Å². The zero-order valence-electron chi connectivity index (χ0n) is 10.9. The second kappa shape index (κ2) is 5.44. The molecule has 104 valence electrons. The first-order valence-corrected chi connectivity index (χ1v) is 6.40. The van der Waals surface area contributed by atoms with Crippen molar-refractivity contribution in [2.45, 2.75) is 37.8 Å². The monoisotopic (exact) mass is 265 g/mol. The molecular formula is C13H19N3O3. The van der Waals surface area contributed by atoms with E-state index in [-0.39, 0.29) is 17.3 Å². The molecule has 19 heavy (non-hydrogen) atoms. The molecule has 2 rings (SSSR count). The SMILES string of the molecule is CN(c1cc(C(=O)O)c(N)cn1)C1CCCCC1O. The van der Waals surface area contributed by atoms with Gasteiger partial charge in [0.25, 0.3) is 0 Å². The number of hydrogen-bond acceptors (Lipinski definition) is 5. The van der Waals surface area contributed by atoms with Crippen LogP contribution in [0.5, 0.6) is 0 Å². The van der Waals surface area contributed by atoms with Gasteiger partial charge in [-0.3, -0.25) is 0 Å². The molecule has 1 aromatic rings. The quantitative estimate of drug-likeness (QED) is 0.756. The van der Waals surface area contributed by atoms with Crippen LogP contribution in [0, 0.1) is 0 Å². The van der Waals surface area contributed by atoms with Gasteiger partial charge in [-0.1, -0.05) is 12.8 Å². The minimum atomic E-state index is -1.07. The molecule has 1 aliphatic rings. The van der Waals surface area contributed by atoms with Gasteiger partial charge in [0, 0.05) is 7.05 Å². The Morgan fingerprint density at radius 2 is 2.16 bits per heavy atom. The molecule has 4 N–H and O–H groups in total. The highest BCUT2D eigenvalue weighted by atomic mass is 16.4. The van der Waals surface area contributed by atoms with E-state index >= 15 is 0 Å². The Bertz CT molecular complexity index is 478. The smallest absolute Gasteiger partial charge is 0.337 e. The average molecular weight is 265 g/mol. The molecule has 6 heteroatoms. The van der Waals surface area contributed by atoms with Crippen LogP contribution in [0.4, 0.5) is 11.5 Å². The first-order valence-electron chi connectivity index (χ1n) is 6.40. The lowest BCUT2D eigenvalue weighted by molar-refractivity contribution is 0.0698. The highest BCUT2D eigenvalue weighted by Crippen LogP contribution is 2.26. The van der Waals surface area contributed by atoms with E-state index in [1.807, 2.05) is 11.9 Å². The van der Waals surface area contributed by atoms with Gasteiger partial charge in [-0.2, -0.15) is 0 Å². The second-order valence-corrected chi connectivity index (χ2v) is 4.96. The van der Waals surface area contributed by atoms with Crippen molar-refractivity contribution in [3.8, 4) is 0 Å². The number of aliphatic hydroxyl groups is 1. The molecule has 1 heterocycles. The third-order valence-electron chi connectivity index (χ3n) is 3.70. The number of hydrogen-bond donors (Lipinski definition) is 3. The summed E-state index contributed by atoms with van der Waals surface area (Å²) in [5.74, 6) is -0.545. The Morgan fingerprint density at radius 3 is 2.79 bits per heavy atom. The van der Waals surface area contributed by atoms with Gasteiger partial charge in [0.15, 0.2) is 0 Å². The normalized spacial score (nSPS) is 23.1. The summed E-state index contributed by atoms with van der Waals surface area (Å²) in [7, 11) is 1.82. The number of anilines is 2. The summed E-state index contributed by atoms with van der Waals surface area (Å²) in [6.45, 7) is 0. The van der Waals surface area contributed by atoms with E-state index in [9.17, 15) is 9.90 Å². The second-order valence-electron chi connectivity index (χ2n) is 4.96. The van der Waals surface area contributed by atoms with E-state index in [1.54, 1.807) is 0 Å². The van der Waals surface area contributed by atoms with E-state index in [4.69, 9.17) is 10.8 Å². The molecule has 0 radical (unpaired) electrons. The van der Waals surface area contributed by atoms with Gasteiger partial charge in [0.05, 0.1) is 29.6 Å². The molecule has 2 atom stereocenters. The Balaban J connectivity index is 2.25. The summed E-state index contributed by atoms with van der Waals surface area (Å²) >= 11 is 0. The summed E-state index contributed by atoms with van der Waals surface area (Å²) in [6, 6.07) is 1.44. The van der Waals surface area contributed by atoms with Crippen molar-refractivity contribution in [1.29, 1.82) is 0 Å².